The number of aliphatic hydroxyl groups is 1. The van der Waals surface area contributed by atoms with Crippen molar-refractivity contribution in [2.24, 2.45) is 11.7 Å². The fourth-order valence-corrected chi connectivity index (χ4v) is 6.57. The van der Waals surface area contributed by atoms with Gasteiger partial charge in [0.2, 0.25) is 5.82 Å². The number of hydrogen-bond donors (Lipinski definition) is 7. The topological polar surface area (TPSA) is 270 Å². The second-order valence-corrected chi connectivity index (χ2v) is 11.5. The third-order valence-corrected chi connectivity index (χ3v) is 8.52. The number of hydrogen-bond acceptors (Lipinski definition) is 11. The predicted octanol–water partition coefficient (Wildman–Crippen LogP) is -1.37. The number of ether oxygens (including phenoxy) is 1. The molecule has 0 spiro atoms. The maximum Gasteiger partial charge on any atom is 0.490 e. The van der Waals surface area contributed by atoms with Gasteiger partial charge in [0.25, 0.3) is 5.56 Å². The first-order valence-corrected chi connectivity index (χ1v) is 13.7. The molecule has 0 aliphatic carbocycles. The molecule has 7 atom stereocenters. The molecule has 0 radical (unpaired) electrons. The first-order valence-electron chi connectivity index (χ1n) is 9.18. The minimum Gasteiger partial charge on any atom is -0.396 e. The number of nitrogens with zero attached hydrogens (tertiary/aromatic N) is 1. The molecule has 35 heavy (non-hydrogen) atoms. The van der Waals surface area contributed by atoms with Crippen molar-refractivity contribution in [3.63, 3.8) is 0 Å². The number of halogens is 1. The van der Waals surface area contributed by atoms with Crippen molar-refractivity contribution < 1.29 is 60.6 Å². The molecular weight excluding hydrogens is 546 g/mol. The fourth-order valence-electron chi connectivity index (χ4n) is 3.37. The van der Waals surface area contributed by atoms with Crippen LogP contribution in [-0.2, 0) is 31.6 Å². The third-order valence-electron chi connectivity index (χ3n) is 4.60. The van der Waals surface area contributed by atoms with Gasteiger partial charge in [0.05, 0.1) is 25.0 Å². The molecule has 21 heteroatoms. The zero-order chi connectivity index (χ0) is 27.0. The van der Waals surface area contributed by atoms with E-state index < -0.39 is 77.0 Å². The van der Waals surface area contributed by atoms with Gasteiger partial charge in [0.1, 0.15) is 5.54 Å². The van der Waals surface area contributed by atoms with Crippen molar-refractivity contribution in [2.75, 3.05) is 6.61 Å². The van der Waals surface area contributed by atoms with E-state index in [2.05, 4.69) is 20.5 Å². The lowest BCUT2D eigenvalue weighted by Gasteiger charge is -2.30. The van der Waals surface area contributed by atoms with E-state index in [0.717, 1.165) is 6.92 Å². The first-order chi connectivity index (χ1) is 15.9. The van der Waals surface area contributed by atoms with Crippen LogP contribution >= 0.6 is 23.5 Å². The lowest BCUT2D eigenvalue weighted by atomic mass is 9.81. The minimum absolute atomic E-state index is 0.467. The summed E-state index contributed by atoms with van der Waals surface area (Å²) in [7, 11) is -17.1. The Balaban J connectivity index is 2.42. The van der Waals surface area contributed by atoms with Crippen LogP contribution in [0.5, 0.6) is 0 Å². The van der Waals surface area contributed by atoms with Crippen molar-refractivity contribution in [1.82, 2.24) is 9.55 Å². The molecule has 1 saturated heterocycles. The van der Waals surface area contributed by atoms with E-state index in [4.69, 9.17) is 24.8 Å². The van der Waals surface area contributed by atoms with Crippen LogP contribution < -0.4 is 17.0 Å². The van der Waals surface area contributed by atoms with Crippen molar-refractivity contribution in [2.45, 2.75) is 37.8 Å². The minimum atomic E-state index is -5.82. The summed E-state index contributed by atoms with van der Waals surface area (Å²) in [4.78, 5) is 61.6. The lowest BCUT2D eigenvalue weighted by molar-refractivity contribution is -0.0685. The molecule has 1 aliphatic heterocycles. The normalized spacial score (nSPS) is 29.0. The Morgan fingerprint density at radius 2 is 1.86 bits per heavy atom. The molecule has 4 unspecified atom stereocenters. The SMILES string of the molecule is CC#CC1(N)C(CO)[C@@H]([C@@H](C)OP(=O)(O)OP(=O)(O)OP(=O)(O)O)O[C@H]1n1cc(F)c(=O)[nH]c1=O. The highest BCUT2D eigenvalue weighted by Gasteiger charge is 2.57. The van der Waals surface area contributed by atoms with E-state index in [9.17, 15) is 42.6 Å². The summed E-state index contributed by atoms with van der Waals surface area (Å²) in [5.41, 5.74) is 1.79. The molecule has 0 bridgehead atoms. The van der Waals surface area contributed by atoms with Crippen LogP contribution in [0, 0.1) is 23.6 Å². The average Bonchev–Trinajstić information content (AvgIpc) is 2.93. The number of nitrogens with one attached hydrogen (secondary N) is 1. The molecule has 8 N–H and O–H groups in total. The van der Waals surface area contributed by atoms with Gasteiger partial charge >= 0.3 is 29.2 Å². The summed E-state index contributed by atoms with van der Waals surface area (Å²) < 4.78 is 66.4. The zero-order valence-electron chi connectivity index (χ0n) is 17.7. The van der Waals surface area contributed by atoms with E-state index in [-0.39, 0.29) is 0 Å². The number of aromatic nitrogens is 2. The van der Waals surface area contributed by atoms with Gasteiger partial charge in [-0.2, -0.15) is 13.0 Å². The number of phosphoric ester groups is 1. The Labute approximate surface area is 195 Å². The van der Waals surface area contributed by atoms with Crippen LogP contribution in [0.1, 0.15) is 20.1 Å². The van der Waals surface area contributed by atoms with Crippen LogP contribution in [-0.4, -0.2) is 58.6 Å². The molecular formula is C14H21FN3O14P3. The van der Waals surface area contributed by atoms with Crippen LogP contribution in [0.15, 0.2) is 15.8 Å². The summed E-state index contributed by atoms with van der Waals surface area (Å²) in [6.45, 7) is 1.54. The summed E-state index contributed by atoms with van der Waals surface area (Å²) in [5.74, 6) is 2.23. The van der Waals surface area contributed by atoms with Crippen LogP contribution in [0.25, 0.3) is 0 Å². The number of nitrogens with two attached hydrogens (primary N) is 1. The summed E-state index contributed by atoms with van der Waals surface area (Å²) in [6.07, 6.45) is -4.41. The molecule has 0 amide bonds. The molecule has 0 saturated carbocycles. The first kappa shape index (κ1) is 29.7. The molecule has 2 rings (SSSR count). The number of aliphatic hydroxyl groups excluding tert-OH is 1. The lowest BCUT2D eigenvalue weighted by Crippen LogP contribution is -2.54. The summed E-state index contributed by atoms with van der Waals surface area (Å²) in [6, 6.07) is 0. The molecule has 1 aromatic rings. The number of H-pyrrole nitrogens is 1. The van der Waals surface area contributed by atoms with Crippen molar-refractivity contribution in [3.8, 4) is 11.8 Å². The quantitative estimate of drug-likeness (QED) is 0.134. The van der Waals surface area contributed by atoms with Gasteiger partial charge in [-0.1, -0.05) is 5.92 Å². The van der Waals surface area contributed by atoms with E-state index in [1.165, 1.54) is 6.92 Å². The van der Waals surface area contributed by atoms with E-state index in [1.807, 2.05) is 0 Å². The maximum atomic E-state index is 13.9. The van der Waals surface area contributed by atoms with E-state index in [0.29, 0.717) is 10.8 Å². The second-order valence-electron chi connectivity index (χ2n) is 7.10. The van der Waals surface area contributed by atoms with Gasteiger partial charge < -0.3 is 35.2 Å². The largest absolute Gasteiger partial charge is 0.490 e. The van der Waals surface area contributed by atoms with Gasteiger partial charge in [-0.25, -0.2) is 18.5 Å². The zero-order valence-corrected chi connectivity index (χ0v) is 20.4. The fraction of sp³-hybridized carbons (Fsp3) is 0.571. The van der Waals surface area contributed by atoms with Gasteiger partial charge in [0.15, 0.2) is 6.23 Å². The molecule has 198 valence electrons. The van der Waals surface area contributed by atoms with E-state index in [1.54, 1.807) is 4.98 Å². The second kappa shape index (κ2) is 10.4. The van der Waals surface area contributed by atoms with Crippen molar-refractivity contribution in [1.29, 1.82) is 0 Å². The Kier molecular flexibility index (Phi) is 8.86. The highest BCUT2D eigenvalue weighted by atomic mass is 31.3. The van der Waals surface area contributed by atoms with Crippen LogP contribution in [0.3, 0.4) is 0 Å². The number of phosphoric acid groups is 3. The molecule has 17 nitrogen and oxygen atoms in total. The third kappa shape index (κ3) is 7.03. The van der Waals surface area contributed by atoms with Gasteiger partial charge in [-0.05, 0) is 13.8 Å². The Morgan fingerprint density at radius 3 is 2.37 bits per heavy atom. The highest BCUT2D eigenvalue weighted by Crippen LogP contribution is 2.66. The number of rotatable bonds is 9. The van der Waals surface area contributed by atoms with Crippen LogP contribution in [0.4, 0.5) is 4.39 Å². The summed E-state index contributed by atoms with van der Waals surface area (Å²) in [5, 5.41) is 9.94. The monoisotopic (exact) mass is 567 g/mol. The van der Waals surface area contributed by atoms with Gasteiger partial charge in [0, 0.05) is 5.92 Å². The Morgan fingerprint density at radius 1 is 1.26 bits per heavy atom. The predicted molar refractivity (Wildman–Crippen MR) is 111 cm³/mol. The highest BCUT2D eigenvalue weighted by molar-refractivity contribution is 7.66. The standard InChI is InChI=1S/C14H21FN3O14P3/c1-3-4-14(16)8(6-19)10(29-12(14)18-5-9(15)11(20)17-13(18)21)7(2)30-34(25,26)32-35(27,28)31-33(22,23)24/h5,7-8,10,12,19H,6,16H2,1-2H3,(H,25,26)(H,27,28)(H,17,20,21)(H2,22,23,24)/t7-,8?,10-,12-,14?/m1/s1. The van der Waals surface area contributed by atoms with Crippen LogP contribution in [0.2, 0.25) is 0 Å². The molecule has 1 fully saturated rings. The molecule has 0 aromatic carbocycles. The molecule has 2 heterocycles. The maximum absolute atomic E-state index is 13.9. The Hall–Kier alpha value is -1.54. The van der Waals surface area contributed by atoms with Crippen molar-refractivity contribution >= 4 is 23.5 Å². The van der Waals surface area contributed by atoms with Crippen molar-refractivity contribution in [3.05, 3.63) is 32.9 Å². The Bertz CT molecular complexity index is 1280. The molecule has 1 aromatic heterocycles. The smallest absolute Gasteiger partial charge is 0.396 e. The van der Waals surface area contributed by atoms with Gasteiger partial charge in [-0.15, -0.1) is 5.92 Å². The number of aromatic amines is 1. The van der Waals surface area contributed by atoms with Gasteiger partial charge in [-0.3, -0.25) is 18.9 Å². The average molecular weight is 567 g/mol. The molecule has 1 aliphatic rings. The summed E-state index contributed by atoms with van der Waals surface area (Å²) >= 11 is 0. The van der Waals surface area contributed by atoms with E-state index >= 15 is 0 Å².